The minimum atomic E-state index is -3.32. The molecule has 3 N–H and O–H groups in total. The van der Waals surface area contributed by atoms with Gasteiger partial charge < -0.3 is 30.2 Å². The number of hydrogen-bond acceptors (Lipinski definition) is 9. The molecule has 55 heavy (non-hydrogen) atoms. The van der Waals surface area contributed by atoms with Crippen molar-refractivity contribution in [2.75, 3.05) is 37.0 Å². The molecule has 0 heterocycles. The predicted octanol–water partition coefficient (Wildman–Crippen LogP) is 7.36. The lowest BCUT2D eigenvalue weighted by atomic mass is 9.90. The first-order chi connectivity index (χ1) is 29.9. The third kappa shape index (κ3) is 18.1. The van der Waals surface area contributed by atoms with Crippen LogP contribution in [0, 0.1) is 17.6 Å². The number of Topliss-reactive ketones (excluding diaryl/α,β-unsaturated/α-hetero) is 1. The van der Waals surface area contributed by atoms with Gasteiger partial charge in [-0.15, -0.1) is 11.6 Å². The van der Waals surface area contributed by atoms with E-state index in [1.807, 2.05) is 24.3 Å². The fourth-order valence-electron chi connectivity index (χ4n) is 5.26. The van der Waals surface area contributed by atoms with Crippen LogP contribution in [-0.4, -0.2) is 73.6 Å². The molecule has 0 aliphatic carbocycles. The maximum Gasteiger partial charge on any atom is 0.408 e. The Hall–Kier alpha value is -4.55. The molecule has 0 aliphatic rings. The summed E-state index contributed by atoms with van der Waals surface area (Å²) in [6, 6.07) is 15.3. The second-order valence-electron chi connectivity index (χ2n) is 13.4. The van der Waals surface area contributed by atoms with Crippen LogP contribution in [0.1, 0.15) is 84.6 Å². The molecule has 0 unspecified atom stereocenters. The molecule has 0 aromatic heterocycles. The number of nitrogens with one attached hydrogen (secondary N) is 1. The van der Waals surface area contributed by atoms with Crippen LogP contribution < -0.4 is 16.0 Å². The van der Waals surface area contributed by atoms with E-state index < -0.39 is 92.3 Å². The molecular weight excluding hydrogens is 732 g/mol. The van der Waals surface area contributed by atoms with Crippen LogP contribution >= 0.6 is 11.6 Å². The highest BCUT2D eigenvalue weighted by Crippen LogP contribution is 2.21. The van der Waals surface area contributed by atoms with Crippen molar-refractivity contribution in [2.24, 2.45) is 11.7 Å². The van der Waals surface area contributed by atoms with Crippen molar-refractivity contribution >= 4 is 41.1 Å². The van der Waals surface area contributed by atoms with Crippen molar-refractivity contribution < 1.29 is 55.9 Å². The first-order valence-electron chi connectivity index (χ1n) is 22.5. The van der Waals surface area contributed by atoms with Crippen LogP contribution in [0.5, 0.6) is 0 Å². The largest absolute Gasteiger partial charge is 0.466 e. The second kappa shape index (κ2) is 24.1. The summed E-state index contributed by atoms with van der Waals surface area (Å²) in [5.74, 6) is -4.89. The van der Waals surface area contributed by atoms with Gasteiger partial charge in [0.1, 0.15) is 23.3 Å². The molecule has 13 heteroatoms. The zero-order chi connectivity index (χ0) is 49.6. The second-order valence-corrected chi connectivity index (χ2v) is 13.8. The van der Waals surface area contributed by atoms with Crippen molar-refractivity contribution in [1.29, 1.82) is 0 Å². The third-order valence-corrected chi connectivity index (χ3v) is 7.99. The number of alkyl carbamates (subject to hydrolysis) is 1. The Morgan fingerprint density at radius 3 is 1.84 bits per heavy atom. The Balaban J connectivity index is 0.000000604. The summed E-state index contributed by atoms with van der Waals surface area (Å²) in [5.41, 5.74) is 7.28. The number of rotatable bonds is 19. The van der Waals surface area contributed by atoms with E-state index in [0.29, 0.717) is 29.1 Å². The van der Waals surface area contributed by atoms with Crippen LogP contribution in [0.4, 0.5) is 19.3 Å². The number of nitrogens with two attached hydrogens (primary N) is 1. The first kappa shape index (κ1) is 32.7. The van der Waals surface area contributed by atoms with E-state index in [-0.39, 0.29) is 19.3 Å². The lowest BCUT2D eigenvalue weighted by molar-refractivity contribution is -0.149. The zero-order valence-corrected chi connectivity index (χ0v) is 32.1. The van der Waals surface area contributed by atoms with Crippen molar-refractivity contribution in [3.63, 3.8) is 0 Å². The van der Waals surface area contributed by atoms with Gasteiger partial charge in [-0.1, -0.05) is 43.3 Å². The van der Waals surface area contributed by atoms with Gasteiger partial charge in [-0.25, -0.2) is 13.6 Å². The van der Waals surface area contributed by atoms with Crippen molar-refractivity contribution in [1.82, 2.24) is 5.32 Å². The molecule has 0 radical (unpaired) electrons. The van der Waals surface area contributed by atoms with Gasteiger partial charge in [-0.3, -0.25) is 14.4 Å². The number of benzene rings is 3. The number of carbonyl (C=O) groups excluding carboxylic acids is 4. The van der Waals surface area contributed by atoms with Crippen LogP contribution in [0.3, 0.4) is 0 Å². The lowest BCUT2D eigenvalue weighted by Gasteiger charge is -2.25. The summed E-state index contributed by atoms with van der Waals surface area (Å²) in [5, 5.41) is 2.58. The van der Waals surface area contributed by atoms with Gasteiger partial charge >= 0.3 is 18.0 Å². The third-order valence-electron chi connectivity index (χ3n) is 7.82. The molecular formula is C42H56ClF2N3O7. The molecule has 0 fully saturated rings. The number of ether oxygens (including phenoxy) is 3. The quantitative estimate of drug-likeness (QED) is 0.0725. The number of alkyl halides is 1. The smallest absolute Gasteiger partial charge is 0.408 e. The zero-order valence-electron chi connectivity index (χ0n) is 41.3. The van der Waals surface area contributed by atoms with Gasteiger partial charge in [-0.2, -0.15) is 0 Å². The van der Waals surface area contributed by atoms with E-state index >= 15 is 0 Å². The average Bonchev–Trinajstić information content (AvgIpc) is 3.17. The summed E-state index contributed by atoms with van der Waals surface area (Å²) in [6.45, 7) is -4.29. The van der Waals surface area contributed by atoms with E-state index in [9.17, 15) is 28.0 Å². The highest BCUT2D eigenvalue weighted by molar-refractivity contribution is 6.18. The van der Waals surface area contributed by atoms with E-state index in [1.54, 1.807) is 20.8 Å². The van der Waals surface area contributed by atoms with E-state index in [1.165, 1.54) is 36.4 Å². The maximum absolute atomic E-state index is 13.8. The summed E-state index contributed by atoms with van der Waals surface area (Å²) in [7, 11) is 0. The lowest BCUT2D eigenvalue weighted by Crippen LogP contribution is -2.45. The minimum Gasteiger partial charge on any atom is -0.466 e. The standard InChI is InChI=1S/C31H42ClFN2O5.C11H14FNO2/c1-6-17-35(18-16-32)26-14-10-23(11-15-26)20-27(34-30(38)40-31(3,4)5)28(36)21-24(29(37)39-7-2)19-22-8-12-25(33)13-9-22;1-2-15-11(14)10(13)7-8-3-5-9(12)6-4-8/h8-15,24,27H,6-7,16-21H2,1-5H3,(H,34,38);3-6,10H,2,7,13H2,1H3/t24-,27+;10-/m10/s1/i2D3,7D2;1D3,2D2. The Bertz CT molecular complexity index is 2000. The van der Waals surface area contributed by atoms with E-state index in [4.69, 9.17) is 40.5 Å². The molecule has 302 valence electrons. The van der Waals surface area contributed by atoms with Crippen molar-refractivity contribution in [2.45, 2.75) is 91.2 Å². The van der Waals surface area contributed by atoms with Gasteiger partial charge in [0.05, 0.1) is 30.6 Å². The van der Waals surface area contributed by atoms with Gasteiger partial charge in [0.15, 0.2) is 5.78 Å². The Morgan fingerprint density at radius 1 is 0.818 bits per heavy atom. The summed E-state index contributed by atoms with van der Waals surface area (Å²) in [4.78, 5) is 53.3. The van der Waals surface area contributed by atoms with Crippen LogP contribution in [0.25, 0.3) is 0 Å². The molecule has 10 nitrogen and oxygen atoms in total. The first-order valence-corrected chi connectivity index (χ1v) is 18.0. The summed E-state index contributed by atoms with van der Waals surface area (Å²) >= 11 is 5.96. The number of esters is 2. The minimum absolute atomic E-state index is 0.0177. The molecule has 3 atom stereocenters. The van der Waals surface area contributed by atoms with E-state index in [0.717, 1.165) is 30.8 Å². The van der Waals surface area contributed by atoms with Crippen molar-refractivity contribution in [3.8, 4) is 0 Å². The summed E-state index contributed by atoms with van der Waals surface area (Å²) < 4.78 is 113. The van der Waals surface area contributed by atoms with Crippen molar-refractivity contribution in [3.05, 3.63) is 101 Å². The van der Waals surface area contributed by atoms with Gasteiger partial charge in [0.2, 0.25) is 0 Å². The van der Waals surface area contributed by atoms with Crippen LogP contribution in [0.15, 0.2) is 72.8 Å². The molecule has 3 aromatic carbocycles. The normalized spacial score (nSPS) is 16.3. The fraction of sp³-hybridized carbons (Fsp3) is 0.476. The molecule has 1 amide bonds. The number of nitrogens with zero attached hydrogens (tertiary/aromatic N) is 1. The monoisotopic (exact) mass is 797 g/mol. The topological polar surface area (TPSA) is 137 Å². The van der Waals surface area contributed by atoms with Gasteiger partial charge in [0, 0.05) is 39.3 Å². The average molecular weight is 798 g/mol. The SMILES string of the molecule is [2H]C([2H])([2H])C([2H])([2H])OC(=O)[C@@H](CC(=O)[C@H](Cc1ccc(N(CCC)CCCl)cc1)NC(=O)OC(C)(C)C)Cc1ccc(F)cc1.[2H]C([2H])([2H])C([2H])([2H])OC(=O)[C@@H](N)Cc1ccc(F)cc1. The number of hydrogen-bond donors (Lipinski definition) is 2. The number of halogens is 3. The summed E-state index contributed by atoms with van der Waals surface area (Å²) in [6.07, 6.45) is -0.628. The number of amides is 1. The fourth-order valence-corrected chi connectivity index (χ4v) is 5.47. The molecule has 0 saturated carbocycles. The van der Waals surface area contributed by atoms with E-state index in [2.05, 4.69) is 21.9 Å². The number of anilines is 1. The Kier molecular flexibility index (Phi) is 14.3. The molecule has 0 aliphatic heterocycles. The highest BCUT2D eigenvalue weighted by atomic mass is 35.5. The Labute approximate surface area is 343 Å². The molecule has 0 bridgehead atoms. The molecule has 3 rings (SSSR count). The molecule has 3 aromatic rings. The van der Waals surface area contributed by atoms with Gasteiger partial charge in [0.25, 0.3) is 0 Å². The number of ketones is 1. The number of carbonyl (C=O) groups is 4. The maximum atomic E-state index is 13.8. The van der Waals surface area contributed by atoms with Gasteiger partial charge in [-0.05, 0) is 113 Å². The Morgan fingerprint density at radius 2 is 1.33 bits per heavy atom. The molecule has 0 spiro atoms. The van der Waals surface area contributed by atoms with Crippen LogP contribution in [0.2, 0.25) is 0 Å². The highest BCUT2D eigenvalue weighted by Gasteiger charge is 2.30. The predicted molar refractivity (Wildman–Crippen MR) is 211 cm³/mol. The molecule has 0 saturated heterocycles. The van der Waals surface area contributed by atoms with Crippen LogP contribution in [-0.2, 0) is 47.9 Å².